The van der Waals surface area contributed by atoms with Gasteiger partial charge in [-0.15, -0.1) is 11.3 Å². The number of hydrogen-bond acceptors (Lipinski definition) is 5. The number of aryl methyl sites for hydroxylation is 2. The topological polar surface area (TPSA) is 52.3 Å². The fraction of sp³-hybridized carbons (Fsp3) is 0.300. The molecule has 2 aromatic heterocycles. The van der Waals surface area contributed by atoms with Gasteiger partial charge in [0.05, 0.1) is 5.56 Å². The van der Waals surface area contributed by atoms with E-state index in [-0.39, 0.29) is 12.6 Å². The van der Waals surface area contributed by atoms with Crippen LogP contribution >= 0.6 is 11.3 Å². The molecule has 0 fully saturated rings. The Balaban J connectivity index is 1.47. The summed E-state index contributed by atoms with van der Waals surface area (Å²) >= 11 is 1.67. The molecule has 2 heterocycles. The molecule has 0 amide bonds. The van der Waals surface area contributed by atoms with Crippen LogP contribution in [-0.4, -0.2) is 11.0 Å². The fourth-order valence-electron chi connectivity index (χ4n) is 3.14. The maximum atomic E-state index is 12.5. The molecule has 5 heteroatoms. The van der Waals surface area contributed by atoms with Crippen molar-refractivity contribution in [2.45, 2.75) is 39.2 Å². The lowest BCUT2D eigenvalue weighted by atomic mass is 9.96. The van der Waals surface area contributed by atoms with Gasteiger partial charge in [-0.3, -0.25) is 0 Å². The Hall–Kier alpha value is -2.40. The summed E-state index contributed by atoms with van der Waals surface area (Å²) in [4.78, 5) is 18.3. The van der Waals surface area contributed by atoms with Gasteiger partial charge in [0, 0.05) is 15.8 Å². The highest BCUT2D eigenvalue weighted by molar-refractivity contribution is 7.10. The first-order valence-electron chi connectivity index (χ1n) is 8.50. The third kappa shape index (κ3) is 3.24. The van der Waals surface area contributed by atoms with E-state index >= 15 is 0 Å². The summed E-state index contributed by atoms with van der Waals surface area (Å²) in [6, 6.07) is 9.71. The number of ether oxygens (including phenoxy) is 1. The van der Waals surface area contributed by atoms with Gasteiger partial charge in [0.2, 0.25) is 5.89 Å². The summed E-state index contributed by atoms with van der Waals surface area (Å²) in [5.74, 6) is 0.971. The monoisotopic (exact) mass is 353 g/mol. The molecule has 0 unspecified atom stereocenters. The molecule has 1 aliphatic rings. The van der Waals surface area contributed by atoms with Gasteiger partial charge in [-0.2, -0.15) is 0 Å². The smallest absolute Gasteiger partial charge is 0.339 e. The van der Waals surface area contributed by atoms with Crippen molar-refractivity contribution < 1.29 is 13.9 Å². The van der Waals surface area contributed by atoms with E-state index < -0.39 is 0 Å². The van der Waals surface area contributed by atoms with E-state index in [9.17, 15) is 4.79 Å². The Morgan fingerprint density at radius 1 is 1.24 bits per heavy atom. The van der Waals surface area contributed by atoms with E-state index in [1.165, 1.54) is 16.9 Å². The Bertz CT molecular complexity index is 895. The Morgan fingerprint density at radius 3 is 2.88 bits per heavy atom. The maximum absolute atomic E-state index is 12.5. The second-order valence-electron chi connectivity index (χ2n) is 6.22. The number of hydrogen-bond donors (Lipinski definition) is 0. The fourth-order valence-corrected chi connectivity index (χ4v) is 4.26. The number of fused-ring (bicyclic) bond motifs is 1. The molecule has 4 rings (SSSR count). The number of carbonyl (C=O) groups excluding carboxylic acids is 1. The number of carbonyl (C=O) groups is 1. The number of nitrogens with zero attached hydrogens (tertiary/aromatic N) is 1. The van der Waals surface area contributed by atoms with Gasteiger partial charge < -0.3 is 9.15 Å². The molecule has 0 aliphatic heterocycles. The highest BCUT2D eigenvalue weighted by atomic mass is 32.1. The van der Waals surface area contributed by atoms with Gasteiger partial charge in [-0.25, -0.2) is 9.78 Å². The molecule has 1 aromatic carbocycles. The average Bonchev–Trinajstić information content (AvgIpc) is 3.24. The molecule has 0 spiro atoms. The zero-order chi connectivity index (χ0) is 17.2. The quantitative estimate of drug-likeness (QED) is 0.623. The Kier molecular flexibility index (Phi) is 4.40. The second kappa shape index (κ2) is 6.84. The van der Waals surface area contributed by atoms with Crippen molar-refractivity contribution in [1.82, 2.24) is 4.98 Å². The van der Waals surface area contributed by atoms with E-state index in [0.29, 0.717) is 17.3 Å². The summed E-state index contributed by atoms with van der Waals surface area (Å²) < 4.78 is 11.2. The van der Waals surface area contributed by atoms with Crippen LogP contribution in [0.2, 0.25) is 0 Å². The second-order valence-corrected chi connectivity index (χ2v) is 7.19. The van der Waals surface area contributed by atoms with Crippen LogP contribution in [0.5, 0.6) is 0 Å². The van der Waals surface area contributed by atoms with Gasteiger partial charge >= 0.3 is 5.97 Å². The first-order chi connectivity index (χ1) is 12.2. The first-order valence-corrected chi connectivity index (χ1v) is 9.38. The largest absolute Gasteiger partial charge is 0.455 e. The maximum Gasteiger partial charge on any atom is 0.339 e. The molecule has 0 saturated heterocycles. The minimum absolute atomic E-state index is 0.131. The van der Waals surface area contributed by atoms with Crippen molar-refractivity contribution in [2.75, 3.05) is 0 Å². The Morgan fingerprint density at radius 2 is 2.04 bits per heavy atom. The predicted molar refractivity (Wildman–Crippen MR) is 96.8 cm³/mol. The Labute approximate surface area is 150 Å². The van der Waals surface area contributed by atoms with E-state index in [2.05, 4.69) is 4.98 Å². The normalized spacial score (nSPS) is 13.5. The van der Waals surface area contributed by atoms with Crippen molar-refractivity contribution in [1.29, 1.82) is 0 Å². The van der Waals surface area contributed by atoms with Crippen LogP contribution in [0, 0.1) is 6.92 Å². The number of oxazole rings is 1. The van der Waals surface area contributed by atoms with Crippen LogP contribution in [0.4, 0.5) is 0 Å². The van der Waals surface area contributed by atoms with Crippen LogP contribution < -0.4 is 0 Å². The molecule has 0 atom stereocenters. The van der Waals surface area contributed by atoms with E-state index in [4.69, 9.17) is 9.15 Å². The highest BCUT2D eigenvalue weighted by Gasteiger charge is 2.22. The zero-order valence-corrected chi connectivity index (χ0v) is 14.9. The lowest BCUT2D eigenvalue weighted by molar-refractivity contribution is 0.0466. The zero-order valence-electron chi connectivity index (χ0n) is 14.1. The summed E-state index contributed by atoms with van der Waals surface area (Å²) in [6.45, 7) is 1.97. The summed E-state index contributed by atoms with van der Waals surface area (Å²) in [7, 11) is 0. The number of esters is 1. The predicted octanol–water partition coefficient (Wildman–Crippen LogP) is 4.95. The van der Waals surface area contributed by atoms with Gasteiger partial charge in [0.1, 0.15) is 18.1 Å². The summed E-state index contributed by atoms with van der Waals surface area (Å²) in [6.07, 6.45) is 4.41. The van der Waals surface area contributed by atoms with Crippen molar-refractivity contribution in [2.24, 2.45) is 0 Å². The lowest BCUT2D eigenvalue weighted by Gasteiger charge is -2.12. The van der Waals surface area contributed by atoms with Crippen LogP contribution in [0.3, 0.4) is 0 Å². The lowest BCUT2D eigenvalue weighted by Crippen LogP contribution is -2.10. The number of thiophene rings is 1. The number of rotatable bonds is 4. The molecule has 25 heavy (non-hydrogen) atoms. The number of benzene rings is 1. The van der Waals surface area contributed by atoms with Crippen LogP contribution in [0.1, 0.15) is 45.1 Å². The number of aromatic nitrogens is 1. The molecule has 3 aromatic rings. The SMILES string of the molecule is Cc1oc(-c2ccccc2)nc1COC(=O)c1csc2c1CCCC2. The third-order valence-electron chi connectivity index (χ3n) is 4.53. The van der Waals surface area contributed by atoms with Gasteiger partial charge in [0.25, 0.3) is 0 Å². The van der Waals surface area contributed by atoms with E-state index in [1.807, 2.05) is 42.6 Å². The third-order valence-corrected chi connectivity index (χ3v) is 5.62. The van der Waals surface area contributed by atoms with Gasteiger partial charge in [0.15, 0.2) is 0 Å². The highest BCUT2D eigenvalue weighted by Crippen LogP contribution is 2.31. The molecular formula is C20H19NO3S. The summed E-state index contributed by atoms with van der Waals surface area (Å²) in [5, 5.41) is 1.93. The van der Waals surface area contributed by atoms with Crippen molar-refractivity contribution in [3.05, 3.63) is 63.2 Å². The molecule has 0 N–H and O–H groups in total. The molecule has 1 aliphatic carbocycles. The molecule has 0 saturated carbocycles. The van der Waals surface area contributed by atoms with Crippen LogP contribution in [0.15, 0.2) is 40.1 Å². The van der Waals surface area contributed by atoms with Crippen LogP contribution in [-0.2, 0) is 24.2 Å². The van der Waals surface area contributed by atoms with Crippen molar-refractivity contribution in [3.63, 3.8) is 0 Å². The molecule has 128 valence electrons. The molecule has 0 radical (unpaired) electrons. The van der Waals surface area contributed by atoms with Crippen molar-refractivity contribution in [3.8, 4) is 11.5 Å². The summed E-state index contributed by atoms with van der Waals surface area (Å²) in [5.41, 5.74) is 3.48. The first kappa shape index (κ1) is 16.1. The average molecular weight is 353 g/mol. The van der Waals surface area contributed by atoms with Crippen molar-refractivity contribution >= 4 is 17.3 Å². The molecule has 4 nitrogen and oxygen atoms in total. The van der Waals surface area contributed by atoms with Crippen LogP contribution in [0.25, 0.3) is 11.5 Å². The van der Waals surface area contributed by atoms with Gasteiger partial charge in [-0.05, 0) is 50.3 Å². The molecular weight excluding hydrogens is 334 g/mol. The minimum atomic E-state index is -0.261. The minimum Gasteiger partial charge on any atom is -0.455 e. The standard InChI is InChI=1S/C20H19NO3S/c1-13-17(21-19(24-13)14-7-3-2-4-8-14)11-23-20(22)16-12-25-18-10-6-5-9-15(16)18/h2-4,7-8,12H,5-6,9-11H2,1H3. The van der Waals surface area contributed by atoms with E-state index in [1.54, 1.807) is 11.3 Å². The van der Waals surface area contributed by atoms with E-state index in [0.717, 1.165) is 30.4 Å². The van der Waals surface area contributed by atoms with Gasteiger partial charge in [-0.1, -0.05) is 18.2 Å². The molecule has 0 bridgehead atoms.